The molecule has 0 aliphatic carbocycles. The van der Waals surface area contributed by atoms with Crippen LogP contribution >= 0.6 is 0 Å². The van der Waals surface area contributed by atoms with E-state index in [0.29, 0.717) is 18.0 Å². The number of rotatable bonds is 8. The highest BCUT2D eigenvalue weighted by Crippen LogP contribution is 2.20. The Hall–Kier alpha value is -3.69. The van der Waals surface area contributed by atoms with Gasteiger partial charge in [-0.05, 0) is 48.0 Å². The minimum Gasteiger partial charge on any atom is -0.492 e. The van der Waals surface area contributed by atoms with Gasteiger partial charge in [0.25, 0.3) is 5.56 Å². The lowest BCUT2D eigenvalue weighted by atomic mass is 10.1. The van der Waals surface area contributed by atoms with E-state index in [0.717, 1.165) is 49.7 Å². The molecule has 1 amide bonds. The molecule has 1 fully saturated rings. The second kappa shape index (κ2) is 10.8. The number of aromatic nitrogens is 2. The van der Waals surface area contributed by atoms with Crippen LogP contribution in [0.5, 0.6) is 5.75 Å². The molecule has 4 rings (SSSR count). The van der Waals surface area contributed by atoms with E-state index in [2.05, 4.69) is 15.3 Å². The lowest BCUT2D eigenvalue weighted by Gasteiger charge is -2.26. The van der Waals surface area contributed by atoms with Crippen LogP contribution in [0.2, 0.25) is 0 Å². The first-order chi connectivity index (χ1) is 16.1. The van der Waals surface area contributed by atoms with Gasteiger partial charge in [-0.3, -0.25) is 15.0 Å². The molecule has 0 bridgehead atoms. The summed E-state index contributed by atoms with van der Waals surface area (Å²) in [6.45, 7) is 5.11. The van der Waals surface area contributed by atoms with Crippen molar-refractivity contribution >= 4 is 11.8 Å². The number of carbonyl (C=O) groups is 1. The number of ether oxygens (including phenoxy) is 2. The minimum atomic E-state index is -1.14. The van der Waals surface area contributed by atoms with Crippen molar-refractivity contribution in [2.24, 2.45) is 0 Å². The number of hydrogen-bond donors (Lipinski definition) is 2. The van der Waals surface area contributed by atoms with Crippen molar-refractivity contribution in [3.05, 3.63) is 76.6 Å². The fourth-order valence-electron chi connectivity index (χ4n) is 3.60. The first-order valence-corrected chi connectivity index (χ1v) is 10.8. The predicted octanol–water partition coefficient (Wildman–Crippen LogP) is 2.76. The van der Waals surface area contributed by atoms with E-state index in [9.17, 15) is 9.59 Å². The van der Waals surface area contributed by atoms with E-state index in [1.54, 1.807) is 24.3 Å². The first kappa shape index (κ1) is 22.5. The maximum Gasteiger partial charge on any atom is 0.409 e. The Morgan fingerprint density at radius 3 is 2.64 bits per heavy atom. The third-order valence-corrected chi connectivity index (χ3v) is 5.31. The largest absolute Gasteiger partial charge is 0.492 e. The molecule has 9 heteroatoms. The van der Waals surface area contributed by atoms with Gasteiger partial charge in [-0.1, -0.05) is 12.1 Å². The Balaban J connectivity index is 1.40. The average molecular weight is 450 g/mol. The molecule has 9 nitrogen and oxygen atoms in total. The maximum atomic E-state index is 12.3. The van der Waals surface area contributed by atoms with Crippen molar-refractivity contribution < 1.29 is 19.4 Å². The summed E-state index contributed by atoms with van der Waals surface area (Å²) in [6.07, 6.45) is -1.14. The Kier molecular flexibility index (Phi) is 7.33. The van der Waals surface area contributed by atoms with Crippen LogP contribution in [0.15, 0.2) is 65.5 Å². The third kappa shape index (κ3) is 6.41. The van der Waals surface area contributed by atoms with Crippen molar-refractivity contribution in [2.75, 3.05) is 44.8 Å². The highest BCUT2D eigenvalue weighted by Gasteiger charge is 2.10. The van der Waals surface area contributed by atoms with E-state index in [-0.39, 0.29) is 12.1 Å². The van der Waals surface area contributed by atoms with Gasteiger partial charge in [0.1, 0.15) is 12.4 Å². The van der Waals surface area contributed by atoms with Crippen molar-refractivity contribution in [2.45, 2.75) is 6.54 Å². The van der Waals surface area contributed by atoms with Crippen molar-refractivity contribution in [1.29, 1.82) is 0 Å². The van der Waals surface area contributed by atoms with Crippen LogP contribution < -0.4 is 15.6 Å². The minimum absolute atomic E-state index is 0.227. The third-order valence-electron chi connectivity index (χ3n) is 5.31. The molecule has 2 N–H and O–H groups in total. The summed E-state index contributed by atoms with van der Waals surface area (Å²) in [4.78, 5) is 25.5. The molecule has 2 aromatic carbocycles. The highest BCUT2D eigenvalue weighted by atomic mass is 16.5. The molecule has 0 atom stereocenters. The van der Waals surface area contributed by atoms with Crippen molar-refractivity contribution in [3.8, 4) is 17.0 Å². The molecular weight excluding hydrogens is 424 g/mol. The van der Waals surface area contributed by atoms with Gasteiger partial charge in [-0.2, -0.15) is 5.10 Å². The predicted molar refractivity (Wildman–Crippen MR) is 124 cm³/mol. The van der Waals surface area contributed by atoms with Crippen LogP contribution in [0.4, 0.5) is 10.5 Å². The van der Waals surface area contributed by atoms with Gasteiger partial charge < -0.3 is 14.6 Å². The van der Waals surface area contributed by atoms with E-state index in [1.807, 2.05) is 30.3 Å². The summed E-state index contributed by atoms with van der Waals surface area (Å²) in [6, 6.07) is 17.7. The second-order valence-electron chi connectivity index (χ2n) is 7.67. The maximum absolute atomic E-state index is 12.3. The van der Waals surface area contributed by atoms with Crippen LogP contribution in [-0.2, 0) is 11.3 Å². The topological polar surface area (TPSA) is 106 Å². The average Bonchev–Trinajstić information content (AvgIpc) is 2.82. The summed E-state index contributed by atoms with van der Waals surface area (Å²) in [5.74, 6) is 0.781. The first-order valence-electron chi connectivity index (χ1n) is 10.8. The molecule has 3 aromatic rings. The smallest absolute Gasteiger partial charge is 0.409 e. The number of carboxylic acid groups (broad SMARTS) is 1. The quantitative estimate of drug-likeness (QED) is 0.544. The summed E-state index contributed by atoms with van der Waals surface area (Å²) in [5, 5.41) is 15.7. The van der Waals surface area contributed by atoms with Gasteiger partial charge >= 0.3 is 6.09 Å². The van der Waals surface area contributed by atoms with Crippen molar-refractivity contribution in [3.63, 3.8) is 0 Å². The van der Waals surface area contributed by atoms with E-state index in [1.165, 1.54) is 10.7 Å². The molecule has 0 unspecified atom stereocenters. The zero-order valence-corrected chi connectivity index (χ0v) is 18.1. The van der Waals surface area contributed by atoms with Gasteiger partial charge in [0.05, 0.1) is 25.5 Å². The molecule has 0 radical (unpaired) electrons. The van der Waals surface area contributed by atoms with Gasteiger partial charge in [0, 0.05) is 37.0 Å². The van der Waals surface area contributed by atoms with E-state index in [4.69, 9.17) is 14.6 Å². The summed E-state index contributed by atoms with van der Waals surface area (Å²) in [5.41, 5.74) is 2.49. The number of nitrogens with one attached hydrogen (secondary N) is 1. The number of nitrogens with zero attached hydrogens (tertiary/aromatic N) is 3. The number of benzene rings is 2. The molecule has 0 saturated carbocycles. The Morgan fingerprint density at radius 2 is 1.88 bits per heavy atom. The number of amides is 1. The lowest BCUT2D eigenvalue weighted by Crippen LogP contribution is -2.38. The summed E-state index contributed by atoms with van der Waals surface area (Å²) in [7, 11) is 0. The number of hydrogen-bond acceptors (Lipinski definition) is 6. The standard InChI is InChI=1S/C24H26N4O5/c29-23-9-8-22(26-28(23)17-18-2-1-3-20(16-18)25-24(30)31)19-4-6-21(7-5-19)33-15-12-27-10-13-32-14-11-27/h1-9,16,25H,10-15,17H2,(H,30,31). The molecule has 2 heterocycles. The van der Waals surface area contributed by atoms with E-state index < -0.39 is 6.09 Å². The molecule has 0 spiro atoms. The number of morpholine rings is 1. The molecule has 172 valence electrons. The molecular formula is C24H26N4O5. The van der Waals surface area contributed by atoms with E-state index >= 15 is 0 Å². The normalized spacial score (nSPS) is 14.1. The second-order valence-corrected chi connectivity index (χ2v) is 7.67. The molecule has 1 aliphatic rings. The monoisotopic (exact) mass is 450 g/mol. The molecule has 1 saturated heterocycles. The fraction of sp³-hybridized carbons (Fsp3) is 0.292. The Morgan fingerprint density at radius 1 is 1.09 bits per heavy atom. The fourth-order valence-corrected chi connectivity index (χ4v) is 3.60. The lowest BCUT2D eigenvalue weighted by molar-refractivity contribution is 0.0322. The summed E-state index contributed by atoms with van der Waals surface area (Å²) < 4.78 is 12.6. The number of anilines is 1. The Labute approximate surface area is 191 Å². The zero-order valence-electron chi connectivity index (χ0n) is 18.1. The molecule has 1 aliphatic heterocycles. The van der Waals surface area contributed by atoms with Crippen molar-refractivity contribution in [1.82, 2.24) is 14.7 Å². The SMILES string of the molecule is O=C(O)Nc1cccc(Cn2nc(-c3ccc(OCCN4CCOCC4)cc3)ccc2=O)c1. The Bertz CT molecular complexity index is 1140. The van der Waals surface area contributed by atoms with Crippen LogP contribution in [-0.4, -0.2) is 65.3 Å². The molecule has 1 aromatic heterocycles. The van der Waals surface area contributed by atoms with Gasteiger partial charge in [0.15, 0.2) is 0 Å². The highest BCUT2D eigenvalue weighted by molar-refractivity contribution is 5.82. The van der Waals surface area contributed by atoms with Crippen LogP contribution in [0.25, 0.3) is 11.3 Å². The van der Waals surface area contributed by atoms with Crippen LogP contribution in [0, 0.1) is 0 Å². The zero-order chi connectivity index (χ0) is 23.0. The summed E-state index contributed by atoms with van der Waals surface area (Å²) >= 11 is 0. The van der Waals surface area contributed by atoms with Crippen LogP contribution in [0.3, 0.4) is 0 Å². The molecule has 33 heavy (non-hydrogen) atoms. The van der Waals surface area contributed by atoms with Crippen LogP contribution in [0.1, 0.15) is 5.56 Å². The van der Waals surface area contributed by atoms with Gasteiger partial charge in [-0.25, -0.2) is 9.48 Å². The van der Waals surface area contributed by atoms with Gasteiger partial charge in [0.2, 0.25) is 0 Å². The van der Waals surface area contributed by atoms with Gasteiger partial charge in [-0.15, -0.1) is 0 Å².